The van der Waals surface area contributed by atoms with Crippen LogP contribution in [-0.4, -0.2) is 59.1 Å². The summed E-state index contributed by atoms with van der Waals surface area (Å²) in [5, 5.41) is 6.03. The Balaban J connectivity index is 1.45. The number of hydrogen-bond donors (Lipinski definition) is 1. The number of aromatic nitrogens is 1. The van der Waals surface area contributed by atoms with E-state index in [1.54, 1.807) is 32.0 Å². The normalized spacial score (nSPS) is 15.7. The molecule has 1 saturated heterocycles. The zero-order valence-electron chi connectivity index (χ0n) is 16.6. The fourth-order valence-corrected chi connectivity index (χ4v) is 3.88. The summed E-state index contributed by atoms with van der Waals surface area (Å²) in [6.45, 7) is 6.31. The first kappa shape index (κ1) is 21.2. The summed E-state index contributed by atoms with van der Waals surface area (Å²) in [6.07, 6.45) is 0.843. The highest BCUT2D eigenvalue weighted by Crippen LogP contribution is 2.19. The van der Waals surface area contributed by atoms with Crippen molar-refractivity contribution in [2.24, 2.45) is 0 Å². The lowest BCUT2D eigenvalue weighted by molar-refractivity contribution is -0.128. The summed E-state index contributed by atoms with van der Waals surface area (Å²) < 4.78 is 18.0. The molecule has 3 rings (SSSR count). The average Bonchev–Trinajstić information content (AvgIpc) is 2.96. The smallest absolute Gasteiger partial charge is 0.238 e. The Hall–Kier alpha value is -2.55. The maximum atomic E-state index is 13.1. The van der Waals surface area contributed by atoms with Gasteiger partial charge in [0.05, 0.1) is 11.0 Å². The van der Waals surface area contributed by atoms with Crippen LogP contribution >= 0.6 is 11.8 Å². The molecule has 156 valence electrons. The van der Waals surface area contributed by atoms with E-state index in [2.05, 4.69) is 15.4 Å². The summed E-state index contributed by atoms with van der Waals surface area (Å²) in [7, 11) is 0. The summed E-state index contributed by atoms with van der Waals surface area (Å²) in [4.78, 5) is 28.8. The number of amides is 2. The van der Waals surface area contributed by atoms with Crippen LogP contribution in [0.1, 0.15) is 19.1 Å². The molecule has 1 unspecified atom stereocenters. The Morgan fingerprint density at radius 2 is 2.00 bits per heavy atom. The van der Waals surface area contributed by atoms with Gasteiger partial charge in [-0.2, -0.15) is 0 Å². The molecule has 7 nitrogen and oxygen atoms in total. The van der Waals surface area contributed by atoms with Crippen LogP contribution in [0.4, 0.5) is 15.9 Å². The lowest BCUT2D eigenvalue weighted by Gasteiger charge is -2.24. The minimum absolute atomic E-state index is 0.0212. The first-order chi connectivity index (χ1) is 13.9. The minimum atomic E-state index is -0.390. The van der Waals surface area contributed by atoms with E-state index in [-0.39, 0.29) is 23.4 Å². The van der Waals surface area contributed by atoms with Crippen molar-refractivity contribution in [3.05, 3.63) is 41.9 Å². The van der Waals surface area contributed by atoms with Crippen LogP contribution in [0.3, 0.4) is 0 Å². The molecule has 1 fully saturated rings. The van der Waals surface area contributed by atoms with E-state index in [1.807, 2.05) is 4.90 Å². The molecular weight excluding hydrogens is 395 g/mol. The van der Waals surface area contributed by atoms with Crippen LogP contribution in [0.2, 0.25) is 0 Å². The summed E-state index contributed by atoms with van der Waals surface area (Å²) in [5.74, 6) is 0.783. The fourth-order valence-electron chi connectivity index (χ4n) is 3.09. The van der Waals surface area contributed by atoms with Gasteiger partial charge < -0.3 is 19.6 Å². The zero-order valence-corrected chi connectivity index (χ0v) is 17.4. The Labute approximate surface area is 173 Å². The van der Waals surface area contributed by atoms with Crippen molar-refractivity contribution in [1.29, 1.82) is 0 Å². The van der Waals surface area contributed by atoms with Crippen LogP contribution in [-0.2, 0) is 9.59 Å². The second-order valence-corrected chi connectivity index (χ2v) is 8.29. The highest BCUT2D eigenvalue weighted by atomic mass is 32.2. The monoisotopic (exact) mass is 420 g/mol. The molecule has 0 spiro atoms. The van der Waals surface area contributed by atoms with E-state index in [0.717, 1.165) is 18.7 Å². The number of thioether (sulfide) groups is 1. The molecule has 1 aromatic heterocycles. The van der Waals surface area contributed by atoms with Gasteiger partial charge in [0.25, 0.3) is 0 Å². The average molecular weight is 421 g/mol. The van der Waals surface area contributed by atoms with Crippen LogP contribution in [0.5, 0.6) is 0 Å². The second-order valence-electron chi connectivity index (χ2n) is 6.96. The number of benzene rings is 1. The van der Waals surface area contributed by atoms with Gasteiger partial charge in [-0.1, -0.05) is 5.16 Å². The molecule has 0 aliphatic carbocycles. The number of anilines is 2. The molecule has 29 heavy (non-hydrogen) atoms. The van der Waals surface area contributed by atoms with E-state index in [1.165, 1.54) is 23.9 Å². The molecule has 0 bridgehead atoms. The number of nitrogens with one attached hydrogen (secondary N) is 1. The van der Waals surface area contributed by atoms with Crippen molar-refractivity contribution < 1.29 is 18.5 Å². The number of aryl methyl sites for hydroxylation is 1. The Kier molecular flexibility index (Phi) is 7.13. The summed E-state index contributed by atoms with van der Waals surface area (Å²) in [6, 6.07) is 8.07. The molecule has 0 radical (unpaired) electrons. The Morgan fingerprint density at radius 3 is 2.69 bits per heavy atom. The maximum absolute atomic E-state index is 13.1. The summed E-state index contributed by atoms with van der Waals surface area (Å²) in [5.41, 5.74) is 0.962. The van der Waals surface area contributed by atoms with Gasteiger partial charge in [0, 0.05) is 37.9 Å². The molecule has 2 heterocycles. The lowest BCUT2D eigenvalue weighted by atomic mass is 10.2. The third-order valence-electron chi connectivity index (χ3n) is 4.75. The molecule has 0 saturated carbocycles. The standard InChI is InChI=1S/C20H25FN4O3S/c1-14-12-18(23-28-14)22-20(27)15(2)29-13-19(26)25-9-3-8-24(10-11-25)17-6-4-16(21)5-7-17/h4-7,12,15H,3,8-11,13H2,1-2H3,(H,22,23,27). The van der Waals surface area contributed by atoms with Crippen molar-refractivity contribution in [1.82, 2.24) is 10.1 Å². The Bertz CT molecular complexity index is 843. The molecule has 1 aliphatic rings. The van der Waals surface area contributed by atoms with Crippen molar-refractivity contribution >= 4 is 35.1 Å². The van der Waals surface area contributed by atoms with E-state index >= 15 is 0 Å². The molecular formula is C20H25FN4O3S. The van der Waals surface area contributed by atoms with Crippen molar-refractivity contribution in [2.75, 3.05) is 42.1 Å². The summed E-state index contributed by atoms with van der Waals surface area (Å²) >= 11 is 1.30. The number of halogens is 1. The van der Waals surface area contributed by atoms with Gasteiger partial charge >= 0.3 is 0 Å². The van der Waals surface area contributed by atoms with Gasteiger partial charge in [0.2, 0.25) is 11.8 Å². The molecule has 1 aliphatic heterocycles. The quantitative estimate of drug-likeness (QED) is 0.774. The molecule has 2 aromatic rings. The number of carbonyl (C=O) groups excluding carboxylic acids is 2. The van der Waals surface area contributed by atoms with Crippen LogP contribution in [0, 0.1) is 12.7 Å². The number of rotatable bonds is 6. The molecule has 9 heteroatoms. The van der Waals surface area contributed by atoms with Crippen molar-refractivity contribution in [3.63, 3.8) is 0 Å². The van der Waals surface area contributed by atoms with Crippen molar-refractivity contribution in [2.45, 2.75) is 25.5 Å². The van der Waals surface area contributed by atoms with Gasteiger partial charge in [-0.25, -0.2) is 4.39 Å². The fraction of sp³-hybridized carbons (Fsp3) is 0.450. The van der Waals surface area contributed by atoms with Gasteiger partial charge in [0.1, 0.15) is 11.6 Å². The van der Waals surface area contributed by atoms with Crippen LogP contribution in [0.25, 0.3) is 0 Å². The molecule has 1 aromatic carbocycles. The Morgan fingerprint density at radius 1 is 1.24 bits per heavy atom. The molecule has 1 atom stereocenters. The third-order valence-corrected chi connectivity index (χ3v) is 5.87. The SMILES string of the molecule is Cc1cc(NC(=O)C(C)SCC(=O)N2CCCN(c3ccc(F)cc3)CC2)no1. The zero-order chi connectivity index (χ0) is 20.8. The predicted octanol–water partition coefficient (Wildman–Crippen LogP) is 2.92. The topological polar surface area (TPSA) is 78.7 Å². The first-order valence-corrected chi connectivity index (χ1v) is 10.6. The number of hydrogen-bond acceptors (Lipinski definition) is 6. The molecule has 2 amide bonds. The van der Waals surface area contributed by atoms with E-state index in [0.29, 0.717) is 31.2 Å². The van der Waals surface area contributed by atoms with Crippen LogP contribution < -0.4 is 10.2 Å². The highest BCUT2D eigenvalue weighted by Gasteiger charge is 2.22. The minimum Gasteiger partial charge on any atom is -0.370 e. The van der Waals surface area contributed by atoms with Gasteiger partial charge in [0.15, 0.2) is 5.82 Å². The largest absolute Gasteiger partial charge is 0.370 e. The highest BCUT2D eigenvalue weighted by molar-refractivity contribution is 8.01. The van der Waals surface area contributed by atoms with Gasteiger partial charge in [-0.15, -0.1) is 11.8 Å². The number of carbonyl (C=O) groups is 2. The number of nitrogens with zero attached hydrogens (tertiary/aromatic N) is 3. The molecule has 1 N–H and O–H groups in total. The lowest BCUT2D eigenvalue weighted by Crippen LogP contribution is -2.37. The third kappa shape index (κ3) is 5.96. The van der Waals surface area contributed by atoms with Crippen molar-refractivity contribution in [3.8, 4) is 0 Å². The first-order valence-electron chi connectivity index (χ1n) is 9.56. The predicted molar refractivity (Wildman–Crippen MR) is 112 cm³/mol. The van der Waals surface area contributed by atoms with Gasteiger partial charge in [-0.3, -0.25) is 9.59 Å². The second kappa shape index (κ2) is 9.78. The maximum Gasteiger partial charge on any atom is 0.238 e. The van der Waals surface area contributed by atoms with Gasteiger partial charge in [-0.05, 0) is 44.5 Å². The van der Waals surface area contributed by atoms with E-state index in [4.69, 9.17) is 4.52 Å². The van der Waals surface area contributed by atoms with E-state index in [9.17, 15) is 14.0 Å². The van der Waals surface area contributed by atoms with E-state index < -0.39 is 5.25 Å². The van der Waals surface area contributed by atoms with Crippen LogP contribution in [0.15, 0.2) is 34.9 Å².